The monoisotopic (exact) mass is 325 g/mol. The lowest BCUT2D eigenvalue weighted by Gasteiger charge is -2.30. The quantitative estimate of drug-likeness (QED) is 0.776. The van der Waals surface area contributed by atoms with Crippen LogP contribution in [-0.4, -0.2) is 56.1 Å². The fraction of sp³-hybridized carbons (Fsp3) is 0.462. The first-order valence-electron chi connectivity index (χ1n) is 6.29. The van der Waals surface area contributed by atoms with Crippen LogP contribution in [0.5, 0.6) is 11.5 Å². The van der Waals surface area contributed by atoms with Gasteiger partial charge in [0.05, 0.1) is 6.21 Å². The van der Waals surface area contributed by atoms with Gasteiger partial charge in [0.2, 0.25) is 6.79 Å². The number of fused-ring (bicyclic) bond motifs is 1. The van der Waals surface area contributed by atoms with Crippen LogP contribution in [0.1, 0.15) is 5.56 Å². The lowest BCUT2D eigenvalue weighted by molar-refractivity contribution is 0.159. The molecule has 19 heavy (non-hydrogen) atoms. The number of hydrazone groups is 1. The van der Waals surface area contributed by atoms with Gasteiger partial charge < -0.3 is 14.4 Å². The van der Waals surface area contributed by atoms with E-state index in [-0.39, 0.29) is 0 Å². The van der Waals surface area contributed by atoms with E-state index in [0.717, 1.165) is 47.7 Å². The first-order valence-corrected chi connectivity index (χ1v) is 7.08. The summed E-state index contributed by atoms with van der Waals surface area (Å²) >= 11 is 3.53. The molecule has 1 saturated heterocycles. The summed E-state index contributed by atoms with van der Waals surface area (Å²) in [6, 6.07) is 3.87. The third-order valence-corrected chi connectivity index (χ3v) is 4.02. The van der Waals surface area contributed by atoms with Crippen LogP contribution < -0.4 is 9.47 Å². The molecular weight excluding hydrogens is 310 g/mol. The number of nitrogens with zero attached hydrogens (tertiary/aromatic N) is 3. The number of rotatable bonds is 2. The Morgan fingerprint density at radius 1 is 1.16 bits per heavy atom. The van der Waals surface area contributed by atoms with Gasteiger partial charge in [0, 0.05) is 36.2 Å². The number of ether oxygens (including phenoxy) is 2. The van der Waals surface area contributed by atoms with Gasteiger partial charge >= 0.3 is 0 Å². The predicted molar refractivity (Wildman–Crippen MR) is 76.9 cm³/mol. The van der Waals surface area contributed by atoms with Crippen molar-refractivity contribution in [2.45, 2.75) is 0 Å². The van der Waals surface area contributed by atoms with E-state index in [1.807, 2.05) is 18.3 Å². The largest absolute Gasteiger partial charge is 0.454 e. The topological polar surface area (TPSA) is 37.3 Å². The van der Waals surface area contributed by atoms with Gasteiger partial charge in [-0.1, -0.05) is 0 Å². The molecule has 2 aliphatic rings. The van der Waals surface area contributed by atoms with Crippen molar-refractivity contribution in [3.05, 3.63) is 22.2 Å². The van der Waals surface area contributed by atoms with Crippen LogP contribution in [0.15, 0.2) is 21.7 Å². The molecule has 2 heterocycles. The molecular formula is C13H16BrN3O2. The van der Waals surface area contributed by atoms with Crippen molar-refractivity contribution in [1.82, 2.24) is 9.91 Å². The number of likely N-dealkylation sites (N-methyl/N-ethyl adjacent to an activating group) is 1. The van der Waals surface area contributed by atoms with Gasteiger partial charge in [0.25, 0.3) is 0 Å². The van der Waals surface area contributed by atoms with Gasteiger partial charge in [-0.2, -0.15) is 5.10 Å². The Labute approximate surface area is 120 Å². The Morgan fingerprint density at radius 2 is 1.84 bits per heavy atom. The number of piperazine rings is 1. The van der Waals surface area contributed by atoms with Crippen molar-refractivity contribution >= 4 is 22.1 Å². The van der Waals surface area contributed by atoms with Crippen molar-refractivity contribution < 1.29 is 9.47 Å². The summed E-state index contributed by atoms with van der Waals surface area (Å²) < 4.78 is 11.7. The number of hydrogen-bond donors (Lipinski definition) is 0. The Balaban J connectivity index is 1.72. The Kier molecular flexibility index (Phi) is 3.61. The second-order valence-corrected chi connectivity index (χ2v) is 5.58. The zero-order valence-corrected chi connectivity index (χ0v) is 12.4. The van der Waals surface area contributed by atoms with Gasteiger partial charge in [-0.25, -0.2) is 0 Å². The van der Waals surface area contributed by atoms with E-state index in [9.17, 15) is 0 Å². The van der Waals surface area contributed by atoms with E-state index in [1.165, 1.54) is 0 Å². The number of halogens is 1. The molecule has 102 valence electrons. The normalized spacial score (nSPS) is 19.4. The van der Waals surface area contributed by atoms with Crippen molar-refractivity contribution in [3.63, 3.8) is 0 Å². The highest BCUT2D eigenvalue weighted by atomic mass is 79.9. The first-order chi connectivity index (χ1) is 9.22. The molecule has 0 unspecified atom stereocenters. The van der Waals surface area contributed by atoms with Gasteiger partial charge in [-0.3, -0.25) is 5.01 Å². The van der Waals surface area contributed by atoms with E-state index in [4.69, 9.17) is 9.47 Å². The smallest absolute Gasteiger partial charge is 0.231 e. The van der Waals surface area contributed by atoms with Gasteiger partial charge in [-0.05, 0) is 35.1 Å². The molecule has 2 aliphatic heterocycles. The van der Waals surface area contributed by atoms with Gasteiger partial charge in [0.15, 0.2) is 11.5 Å². The molecule has 0 saturated carbocycles. The molecule has 0 aliphatic carbocycles. The molecule has 1 aromatic rings. The average molecular weight is 326 g/mol. The van der Waals surface area contributed by atoms with Crippen LogP contribution in [0.2, 0.25) is 0 Å². The molecule has 1 aromatic carbocycles. The summed E-state index contributed by atoms with van der Waals surface area (Å²) in [6.07, 6.45) is 1.87. The highest BCUT2D eigenvalue weighted by Crippen LogP contribution is 2.36. The van der Waals surface area contributed by atoms with Crippen LogP contribution in [0.25, 0.3) is 0 Å². The van der Waals surface area contributed by atoms with Crippen molar-refractivity contribution in [1.29, 1.82) is 0 Å². The van der Waals surface area contributed by atoms with Crippen LogP contribution in [-0.2, 0) is 0 Å². The second kappa shape index (κ2) is 5.38. The third-order valence-electron chi connectivity index (χ3n) is 3.33. The van der Waals surface area contributed by atoms with Crippen molar-refractivity contribution in [2.75, 3.05) is 40.0 Å². The van der Waals surface area contributed by atoms with Gasteiger partial charge in [0.1, 0.15) is 0 Å². The Hall–Kier alpha value is -1.27. The minimum Gasteiger partial charge on any atom is -0.454 e. The van der Waals surface area contributed by atoms with E-state index in [0.29, 0.717) is 6.79 Å². The van der Waals surface area contributed by atoms with Crippen molar-refractivity contribution in [2.24, 2.45) is 5.10 Å². The van der Waals surface area contributed by atoms with E-state index in [1.54, 1.807) is 0 Å². The minimum absolute atomic E-state index is 0.292. The molecule has 0 amide bonds. The fourth-order valence-electron chi connectivity index (χ4n) is 2.09. The Morgan fingerprint density at radius 3 is 2.58 bits per heavy atom. The predicted octanol–water partition coefficient (Wildman–Crippen LogP) is 1.76. The third kappa shape index (κ3) is 2.84. The van der Waals surface area contributed by atoms with Crippen LogP contribution >= 0.6 is 15.9 Å². The zero-order chi connectivity index (χ0) is 13.2. The van der Waals surface area contributed by atoms with E-state index >= 15 is 0 Å². The molecule has 0 N–H and O–H groups in total. The molecule has 0 spiro atoms. The molecule has 0 aromatic heterocycles. The number of hydrogen-bond acceptors (Lipinski definition) is 5. The van der Waals surface area contributed by atoms with E-state index in [2.05, 4.69) is 38.0 Å². The maximum Gasteiger partial charge on any atom is 0.231 e. The number of benzene rings is 1. The lowest BCUT2D eigenvalue weighted by Crippen LogP contribution is -2.41. The minimum atomic E-state index is 0.292. The van der Waals surface area contributed by atoms with E-state index < -0.39 is 0 Å². The molecule has 6 heteroatoms. The highest BCUT2D eigenvalue weighted by Gasteiger charge is 2.16. The summed E-state index contributed by atoms with van der Waals surface area (Å²) in [6.45, 7) is 4.34. The molecule has 0 bridgehead atoms. The standard InChI is InChI=1S/C13H16BrN3O2/c1-16-2-4-17(5-3-16)15-8-10-6-12-13(7-11(10)14)19-9-18-12/h6-8H,2-5,9H2,1H3/b15-8+. The highest BCUT2D eigenvalue weighted by molar-refractivity contribution is 9.10. The molecule has 3 rings (SSSR count). The van der Waals surface area contributed by atoms with Crippen molar-refractivity contribution in [3.8, 4) is 11.5 Å². The summed E-state index contributed by atoms with van der Waals surface area (Å²) in [5.41, 5.74) is 1.00. The molecule has 0 atom stereocenters. The average Bonchev–Trinajstić information content (AvgIpc) is 2.85. The molecule has 1 fully saturated rings. The van der Waals surface area contributed by atoms with Gasteiger partial charge in [-0.15, -0.1) is 0 Å². The maximum absolute atomic E-state index is 5.37. The summed E-state index contributed by atoms with van der Waals surface area (Å²) in [7, 11) is 2.13. The fourth-order valence-corrected chi connectivity index (χ4v) is 2.51. The lowest BCUT2D eigenvalue weighted by atomic mass is 10.2. The second-order valence-electron chi connectivity index (χ2n) is 4.73. The van der Waals surface area contributed by atoms with Crippen LogP contribution in [0.3, 0.4) is 0 Å². The molecule has 0 radical (unpaired) electrons. The maximum atomic E-state index is 5.37. The van der Waals surface area contributed by atoms with Crippen LogP contribution in [0, 0.1) is 0 Å². The zero-order valence-electron chi connectivity index (χ0n) is 10.8. The SMILES string of the molecule is CN1CCN(/N=C/c2cc3c(cc2Br)OCO3)CC1. The Bertz CT molecular complexity index is 499. The van der Waals surface area contributed by atoms with Crippen LogP contribution in [0.4, 0.5) is 0 Å². The summed E-state index contributed by atoms with van der Waals surface area (Å²) in [4.78, 5) is 2.31. The molecule has 5 nitrogen and oxygen atoms in total. The summed E-state index contributed by atoms with van der Waals surface area (Å²) in [5.74, 6) is 1.56. The first kappa shape index (κ1) is 12.7. The summed E-state index contributed by atoms with van der Waals surface area (Å²) in [5, 5.41) is 6.62.